The van der Waals surface area contributed by atoms with Crippen molar-refractivity contribution in [1.29, 1.82) is 0 Å². The summed E-state index contributed by atoms with van der Waals surface area (Å²) < 4.78 is 25.6. The van der Waals surface area contributed by atoms with Crippen LogP contribution in [0.25, 0.3) is 0 Å². The smallest absolute Gasteiger partial charge is 0.228 e. The lowest BCUT2D eigenvalue weighted by molar-refractivity contribution is -0.119. The molecule has 7 nitrogen and oxygen atoms in total. The fraction of sp³-hybridized carbons (Fsp3) is 0.762. The Bertz CT molecular complexity index is 880. The van der Waals surface area contributed by atoms with Gasteiger partial charge in [-0.15, -0.1) is 0 Å². The van der Waals surface area contributed by atoms with Crippen molar-refractivity contribution in [3.63, 3.8) is 0 Å². The van der Waals surface area contributed by atoms with Crippen molar-refractivity contribution < 1.29 is 13.2 Å². The molecular weight excluding hydrogens is 388 g/mol. The van der Waals surface area contributed by atoms with Gasteiger partial charge in [-0.1, -0.05) is 19.3 Å². The molecule has 160 valence electrons. The summed E-state index contributed by atoms with van der Waals surface area (Å²) in [5.74, 6) is 2.17. The largest absolute Gasteiger partial charge is 0.296 e. The highest BCUT2D eigenvalue weighted by molar-refractivity contribution is 7.88. The number of aryl methyl sites for hydroxylation is 1. The maximum atomic E-state index is 12.8. The Hall–Kier alpha value is -1.54. The van der Waals surface area contributed by atoms with Crippen LogP contribution in [0, 0.1) is 12.8 Å². The molecule has 0 bridgehead atoms. The molecule has 0 radical (unpaired) electrons. The van der Waals surface area contributed by atoms with Crippen LogP contribution in [0.15, 0.2) is 0 Å². The van der Waals surface area contributed by atoms with E-state index in [1.807, 2.05) is 11.8 Å². The summed E-state index contributed by atoms with van der Waals surface area (Å²) in [5.41, 5.74) is 2.02. The van der Waals surface area contributed by atoms with Crippen LogP contribution in [0.3, 0.4) is 0 Å². The van der Waals surface area contributed by atoms with Crippen molar-refractivity contribution in [3.05, 3.63) is 17.1 Å². The summed E-state index contributed by atoms with van der Waals surface area (Å²) in [6.45, 7) is 3.73. The van der Waals surface area contributed by atoms with Gasteiger partial charge in [-0.05, 0) is 44.9 Å². The van der Waals surface area contributed by atoms with Crippen molar-refractivity contribution in [2.75, 3.05) is 30.8 Å². The number of hydrogen-bond acceptors (Lipinski definition) is 5. The number of sulfonamides is 1. The van der Waals surface area contributed by atoms with Crippen LogP contribution in [-0.4, -0.2) is 54.5 Å². The Morgan fingerprint density at radius 1 is 1.03 bits per heavy atom. The van der Waals surface area contributed by atoms with Crippen LogP contribution in [0.5, 0.6) is 0 Å². The molecule has 1 aliphatic carbocycles. The minimum atomic E-state index is -3.22. The summed E-state index contributed by atoms with van der Waals surface area (Å²) in [6.07, 6.45) is 10.3. The van der Waals surface area contributed by atoms with E-state index in [1.165, 1.54) is 42.7 Å². The maximum absolute atomic E-state index is 12.8. The van der Waals surface area contributed by atoms with Gasteiger partial charge < -0.3 is 0 Å². The van der Waals surface area contributed by atoms with E-state index in [9.17, 15) is 13.2 Å². The number of piperidine rings is 1. The molecule has 3 aliphatic rings. The Kier molecular flexibility index (Phi) is 5.93. The molecule has 0 aromatic carbocycles. The van der Waals surface area contributed by atoms with Gasteiger partial charge in [0.05, 0.1) is 6.26 Å². The van der Waals surface area contributed by atoms with Crippen LogP contribution in [0.1, 0.15) is 74.4 Å². The zero-order chi connectivity index (χ0) is 20.6. The fourth-order valence-electron chi connectivity index (χ4n) is 5.06. The maximum Gasteiger partial charge on any atom is 0.228 e. The predicted octanol–water partition coefficient (Wildman–Crippen LogP) is 2.78. The van der Waals surface area contributed by atoms with Crippen molar-refractivity contribution >= 4 is 21.7 Å². The first kappa shape index (κ1) is 20.7. The normalized spacial score (nSPS) is 24.6. The van der Waals surface area contributed by atoms with Gasteiger partial charge in [0.25, 0.3) is 0 Å². The van der Waals surface area contributed by atoms with E-state index in [1.54, 1.807) is 0 Å². The highest BCUT2D eigenvalue weighted by atomic mass is 32.2. The Labute approximate surface area is 173 Å². The van der Waals surface area contributed by atoms with E-state index < -0.39 is 10.0 Å². The van der Waals surface area contributed by atoms with Gasteiger partial charge in [-0.3, -0.25) is 9.69 Å². The first-order valence-corrected chi connectivity index (χ1v) is 12.8. The van der Waals surface area contributed by atoms with Crippen LogP contribution < -0.4 is 4.90 Å². The molecule has 3 heterocycles. The lowest BCUT2D eigenvalue weighted by Crippen LogP contribution is -2.41. The molecule has 1 saturated carbocycles. The van der Waals surface area contributed by atoms with Crippen molar-refractivity contribution in [1.82, 2.24) is 14.3 Å². The number of amides is 1. The van der Waals surface area contributed by atoms with Crippen LogP contribution >= 0.6 is 0 Å². The topological polar surface area (TPSA) is 83.5 Å². The van der Waals surface area contributed by atoms with Gasteiger partial charge in [0.15, 0.2) is 0 Å². The predicted molar refractivity (Wildman–Crippen MR) is 112 cm³/mol. The molecule has 1 atom stereocenters. The third-order valence-electron chi connectivity index (χ3n) is 6.74. The molecule has 1 aromatic rings. The minimum absolute atomic E-state index is 0.0176. The van der Waals surface area contributed by atoms with Crippen molar-refractivity contribution in [2.24, 2.45) is 5.92 Å². The number of anilines is 1. The SMILES string of the molecule is Cc1nc(C2CCCN(S(C)(=O)=O)C2)nc2c1CCC(=O)N2CC1CCCCC1. The Balaban J connectivity index is 1.63. The molecule has 1 unspecified atom stereocenters. The molecule has 4 rings (SSSR count). The zero-order valence-electron chi connectivity index (χ0n) is 17.6. The van der Waals surface area contributed by atoms with Crippen LogP contribution in [-0.2, 0) is 21.2 Å². The summed E-state index contributed by atoms with van der Waals surface area (Å²) in [4.78, 5) is 24.3. The highest BCUT2D eigenvalue weighted by Crippen LogP contribution is 2.34. The molecule has 1 amide bonds. The molecule has 8 heteroatoms. The summed E-state index contributed by atoms with van der Waals surface area (Å²) in [5, 5.41) is 0. The highest BCUT2D eigenvalue weighted by Gasteiger charge is 2.33. The average molecular weight is 421 g/mol. The van der Waals surface area contributed by atoms with E-state index in [2.05, 4.69) is 0 Å². The average Bonchev–Trinajstić information content (AvgIpc) is 2.70. The van der Waals surface area contributed by atoms with E-state index in [0.29, 0.717) is 37.7 Å². The zero-order valence-corrected chi connectivity index (χ0v) is 18.4. The lowest BCUT2D eigenvalue weighted by Gasteiger charge is -2.35. The first-order valence-electron chi connectivity index (χ1n) is 11.0. The standard InChI is InChI=1S/C21H32N4O3S/c1-15-18-10-11-19(26)25(13-16-7-4-3-5-8-16)21(18)23-20(22-15)17-9-6-12-24(14-17)29(2,27)28/h16-17H,3-14H2,1-2H3. The van der Waals surface area contributed by atoms with Gasteiger partial charge in [0, 0.05) is 43.2 Å². The van der Waals surface area contributed by atoms with Crippen molar-refractivity contribution in [3.8, 4) is 0 Å². The van der Waals surface area contributed by atoms with Gasteiger partial charge in [-0.25, -0.2) is 22.7 Å². The molecule has 1 aromatic heterocycles. The fourth-order valence-corrected chi connectivity index (χ4v) is 5.97. The van der Waals surface area contributed by atoms with Gasteiger partial charge in [-0.2, -0.15) is 0 Å². The van der Waals surface area contributed by atoms with Gasteiger partial charge >= 0.3 is 0 Å². The third kappa shape index (κ3) is 4.48. The molecule has 29 heavy (non-hydrogen) atoms. The number of fused-ring (bicyclic) bond motifs is 1. The lowest BCUT2D eigenvalue weighted by atomic mass is 9.88. The van der Waals surface area contributed by atoms with Crippen molar-refractivity contribution in [2.45, 2.75) is 70.6 Å². The Morgan fingerprint density at radius 2 is 1.79 bits per heavy atom. The number of carbonyl (C=O) groups is 1. The third-order valence-corrected chi connectivity index (χ3v) is 8.01. The molecule has 2 fully saturated rings. The molecule has 2 aliphatic heterocycles. The summed E-state index contributed by atoms with van der Waals surface area (Å²) >= 11 is 0. The van der Waals surface area contributed by atoms with E-state index in [0.717, 1.165) is 36.5 Å². The minimum Gasteiger partial charge on any atom is -0.296 e. The van der Waals surface area contributed by atoms with Crippen LogP contribution in [0.2, 0.25) is 0 Å². The van der Waals surface area contributed by atoms with E-state index in [4.69, 9.17) is 9.97 Å². The second-order valence-corrected chi connectivity index (χ2v) is 10.9. The van der Waals surface area contributed by atoms with Crippen LogP contribution in [0.4, 0.5) is 5.82 Å². The van der Waals surface area contributed by atoms with Gasteiger partial charge in [0.2, 0.25) is 15.9 Å². The molecule has 0 N–H and O–H groups in total. The number of rotatable bonds is 4. The number of aromatic nitrogens is 2. The molecular formula is C21H32N4O3S. The summed E-state index contributed by atoms with van der Waals surface area (Å²) in [7, 11) is -3.22. The summed E-state index contributed by atoms with van der Waals surface area (Å²) in [6, 6.07) is 0. The molecule has 0 spiro atoms. The van der Waals surface area contributed by atoms with Gasteiger partial charge in [0.1, 0.15) is 11.6 Å². The monoisotopic (exact) mass is 420 g/mol. The second-order valence-electron chi connectivity index (χ2n) is 8.94. The van der Waals surface area contributed by atoms with E-state index in [-0.39, 0.29) is 11.8 Å². The Morgan fingerprint density at radius 3 is 2.52 bits per heavy atom. The second kappa shape index (κ2) is 8.30. The quantitative estimate of drug-likeness (QED) is 0.748. The number of carbonyl (C=O) groups excluding carboxylic acids is 1. The molecule has 1 saturated heterocycles. The first-order chi connectivity index (χ1) is 13.8. The van der Waals surface area contributed by atoms with E-state index >= 15 is 0 Å². The number of nitrogens with zero attached hydrogens (tertiary/aromatic N) is 4. The number of hydrogen-bond donors (Lipinski definition) is 0.